The number of fused-ring (bicyclic) bond motifs is 1. The Kier molecular flexibility index (Phi) is 1.43. The molecule has 1 heterocycles. The molecule has 0 amide bonds. The molecule has 0 N–H and O–H groups in total. The van der Waals surface area contributed by atoms with Gasteiger partial charge in [-0.05, 0) is 25.1 Å². The third-order valence-electron chi connectivity index (χ3n) is 1.74. The first-order chi connectivity index (χ1) is 5.77. The number of carbonyl (C=O) groups is 1. The van der Waals surface area contributed by atoms with Crippen LogP contribution in [-0.4, -0.2) is 10.8 Å². The average Bonchev–Trinajstić information content (AvgIpc) is 2.49. The van der Waals surface area contributed by atoms with Crippen molar-refractivity contribution in [1.29, 1.82) is 0 Å². The molecular formula is C9H7NO2. The summed E-state index contributed by atoms with van der Waals surface area (Å²) in [5.74, 6) is 0.0355. The van der Waals surface area contributed by atoms with Crippen molar-refractivity contribution in [3.63, 3.8) is 0 Å². The smallest absolute Gasteiger partial charge is 0.181 e. The molecule has 0 spiro atoms. The lowest BCUT2D eigenvalue weighted by Crippen LogP contribution is -1.89. The van der Waals surface area contributed by atoms with Crippen molar-refractivity contribution >= 4 is 16.9 Å². The Labute approximate surface area is 69.0 Å². The van der Waals surface area contributed by atoms with E-state index in [0.29, 0.717) is 11.1 Å². The molecule has 0 saturated carbocycles. The average molecular weight is 161 g/mol. The number of hydrogen-bond donors (Lipinski definition) is 0. The number of rotatable bonds is 1. The number of oxazole rings is 1. The topological polar surface area (TPSA) is 43.1 Å². The molecule has 0 aliphatic rings. The highest BCUT2D eigenvalue weighted by Crippen LogP contribution is 2.14. The second-order valence-corrected chi connectivity index (χ2v) is 2.59. The van der Waals surface area contributed by atoms with Gasteiger partial charge in [0.15, 0.2) is 17.8 Å². The van der Waals surface area contributed by atoms with Crippen molar-refractivity contribution in [3.8, 4) is 0 Å². The minimum absolute atomic E-state index is 0.0355. The maximum absolute atomic E-state index is 10.9. The number of aromatic nitrogens is 1. The fraction of sp³-hybridized carbons (Fsp3) is 0.111. The van der Waals surface area contributed by atoms with Crippen molar-refractivity contribution in [1.82, 2.24) is 4.98 Å². The third kappa shape index (κ3) is 0.993. The van der Waals surface area contributed by atoms with E-state index in [-0.39, 0.29) is 5.78 Å². The quantitative estimate of drug-likeness (QED) is 0.601. The van der Waals surface area contributed by atoms with Gasteiger partial charge in [-0.25, -0.2) is 4.98 Å². The Morgan fingerprint density at radius 3 is 3.08 bits per heavy atom. The van der Waals surface area contributed by atoms with E-state index in [4.69, 9.17) is 4.42 Å². The minimum atomic E-state index is 0.0355. The van der Waals surface area contributed by atoms with Crippen molar-refractivity contribution in [2.45, 2.75) is 6.92 Å². The van der Waals surface area contributed by atoms with E-state index in [1.165, 1.54) is 13.3 Å². The molecule has 0 saturated heterocycles. The van der Waals surface area contributed by atoms with Gasteiger partial charge < -0.3 is 4.42 Å². The zero-order valence-electron chi connectivity index (χ0n) is 6.57. The summed E-state index contributed by atoms with van der Waals surface area (Å²) in [5.41, 5.74) is 2.09. The van der Waals surface area contributed by atoms with Gasteiger partial charge in [0.05, 0.1) is 0 Å². The van der Waals surface area contributed by atoms with Crippen LogP contribution in [0.25, 0.3) is 11.1 Å². The van der Waals surface area contributed by atoms with E-state index in [1.54, 1.807) is 18.2 Å². The maximum Gasteiger partial charge on any atom is 0.181 e. The van der Waals surface area contributed by atoms with Crippen molar-refractivity contribution in [2.24, 2.45) is 0 Å². The zero-order valence-corrected chi connectivity index (χ0v) is 6.57. The Morgan fingerprint density at radius 1 is 1.50 bits per heavy atom. The largest absolute Gasteiger partial charge is 0.443 e. The second kappa shape index (κ2) is 2.44. The fourth-order valence-electron chi connectivity index (χ4n) is 1.07. The SMILES string of the molecule is CC(=O)c1ccc2ncoc2c1. The molecule has 0 aliphatic heterocycles. The summed E-state index contributed by atoms with van der Waals surface area (Å²) >= 11 is 0. The first kappa shape index (κ1) is 7.03. The van der Waals surface area contributed by atoms with Crippen LogP contribution in [0.4, 0.5) is 0 Å². The van der Waals surface area contributed by atoms with E-state index in [0.717, 1.165) is 5.52 Å². The van der Waals surface area contributed by atoms with Crippen LogP contribution in [0, 0.1) is 0 Å². The summed E-state index contributed by atoms with van der Waals surface area (Å²) in [4.78, 5) is 14.9. The van der Waals surface area contributed by atoms with E-state index in [1.807, 2.05) is 0 Å². The third-order valence-corrected chi connectivity index (χ3v) is 1.74. The standard InChI is InChI=1S/C9H7NO2/c1-6(11)7-2-3-8-9(4-7)12-5-10-8/h2-5H,1H3. The molecule has 1 aromatic carbocycles. The predicted molar refractivity (Wildman–Crippen MR) is 44.0 cm³/mol. The lowest BCUT2D eigenvalue weighted by Gasteiger charge is -1.92. The first-order valence-corrected chi connectivity index (χ1v) is 3.61. The molecule has 0 aliphatic carbocycles. The highest BCUT2D eigenvalue weighted by atomic mass is 16.3. The maximum atomic E-state index is 10.9. The van der Waals surface area contributed by atoms with E-state index < -0.39 is 0 Å². The Morgan fingerprint density at radius 2 is 2.33 bits per heavy atom. The molecule has 3 heteroatoms. The van der Waals surface area contributed by atoms with Gasteiger partial charge in [-0.15, -0.1) is 0 Å². The van der Waals surface area contributed by atoms with Crippen LogP contribution in [0.15, 0.2) is 29.0 Å². The number of ketones is 1. The molecule has 2 aromatic rings. The van der Waals surface area contributed by atoms with Gasteiger partial charge in [0.1, 0.15) is 5.52 Å². The van der Waals surface area contributed by atoms with Crippen LogP contribution in [0.2, 0.25) is 0 Å². The van der Waals surface area contributed by atoms with Crippen LogP contribution in [-0.2, 0) is 0 Å². The molecule has 60 valence electrons. The van der Waals surface area contributed by atoms with Gasteiger partial charge in [0, 0.05) is 5.56 Å². The lowest BCUT2D eigenvalue weighted by molar-refractivity contribution is 0.101. The molecule has 3 nitrogen and oxygen atoms in total. The van der Waals surface area contributed by atoms with Crippen LogP contribution in [0.3, 0.4) is 0 Å². The van der Waals surface area contributed by atoms with E-state index in [9.17, 15) is 4.79 Å². The van der Waals surface area contributed by atoms with Crippen LogP contribution < -0.4 is 0 Å². The van der Waals surface area contributed by atoms with Gasteiger partial charge in [-0.3, -0.25) is 4.79 Å². The molecule has 12 heavy (non-hydrogen) atoms. The van der Waals surface area contributed by atoms with Gasteiger partial charge in [-0.1, -0.05) is 0 Å². The van der Waals surface area contributed by atoms with Gasteiger partial charge in [-0.2, -0.15) is 0 Å². The van der Waals surface area contributed by atoms with E-state index in [2.05, 4.69) is 4.98 Å². The van der Waals surface area contributed by atoms with Crippen LogP contribution in [0.1, 0.15) is 17.3 Å². The van der Waals surface area contributed by atoms with Gasteiger partial charge in [0.25, 0.3) is 0 Å². The Balaban J connectivity index is 2.68. The number of nitrogens with zero attached hydrogens (tertiary/aromatic N) is 1. The molecule has 0 radical (unpaired) electrons. The van der Waals surface area contributed by atoms with Gasteiger partial charge in [0.2, 0.25) is 0 Å². The van der Waals surface area contributed by atoms with Gasteiger partial charge >= 0.3 is 0 Å². The number of carbonyl (C=O) groups excluding carboxylic acids is 1. The molecule has 0 atom stereocenters. The monoisotopic (exact) mass is 161 g/mol. The lowest BCUT2D eigenvalue weighted by atomic mass is 10.1. The normalized spacial score (nSPS) is 10.4. The van der Waals surface area contributed by atoms with Crippen LogP contribution >= 0.6 is 0 Å². The molecule has 2 rings (SSSR count). The first-order valence-electron chi connectivity index (χ1n) is 3.61. The van der Waals surface area contributed by atoms with E-state index >= 15 is 0 Å². The summed E-state index contributed by atoms with van der Waals surface area (Å²) in [6.07, 6.45) is 1.37. The summed E-state index contributed by atoms with van der Waals surface area (Å²) < 4.78 is 5.05. The number of Topliss-reactive ketones (excluding diaryl/α,β-unsaturated/α-hetero) is 1. The minimum Gasteiger partial charge on any atom is -0.443 e. The number of hydrogen-bond acceptors (Lipinski definition) is 3. The zero-order chi connectivity index (χ0) is 8.55. The van der Waals surface area contributed by atoms with Crippen molar-refractivity contribution in [2.75, 3.05) is 0 Å². The summed E-state index contributed by atoms with van der Waals surface area (Å²) in [7, 11) is 0. The highest BCUT2D eigenvalue weighted by Gasteiger charge is 2.02. The molecule has 1 aromatic heterocycles. The highest BCUT2D eigenvalue weighted by molar-refractivity contribution is 5.96. The molecule has 0 unspecified atom stereocenters. The molecular weight excluding hydrogens is 154 g/mol. The summed E-state index contributed by atoms with van der Waals surface area (Å²) in [6.45, 7) is 1.53. The van der Waals surface area contributed by atoms with Crippen LogP contribution in [0.5, 0.6) is 0 Å². The fourth-order valence-corrected chi connectivity index (χ4v) is 1.07. The second-order valence-electron chi connectivity index (χ2n) is 2.59. The Hall–Kier alpha value is -1.64. The van der Waals surface area contributed by atoms with Crippen molar-refractivity contribution in [3.05, 3.63) is 30.2 Å². The molecule has 0 bridgehead atoms. The number of benzene rings is 1. The van der Waals surface area contributed by atoms with Crippen molar-refractivity contribution < 1.29 is 9.21 Å². The Bertz CT molecular complexity index is 431. The summed E-state index contributed by atoms with van der Waals surface area (Å²) in [6, 6.07) is 5.22. The summed E-state index contributed by atoms with van der Waals surface area (Å²) in [5, 5.41) is 0. The predicted octanol–water partition coefficient (Wildman–Crippen LogP) is 2.03. The molecule has 0 fully saturated rings.